The minimum atomic E-state index is -0.311. The van der Waals surface area contributed by atoms with Gasteiger partial charge in [-0.15, -0.1) is 0 Å². The first-order valence-electron chi connectivity index (χ1n) is 2.47. The van der Waals surface area contributed by atoms with Crippen LogP contribution in [0.2, 0.25) is 0 Å². The molecule has 1 fully saturated rings. The molecule has 4 nitrogen and oxygen atoms in total. The first kappa shape index (κ1) is 5.81. The number of rotatable bonds is 0. The lowest BCUT2D eigenvalue weighted by atomic mass is 10.3. The van der Waals surface area contributed by atoms with Crippen LogP contribution in [-0.2, 0) is 9.59 Å². The Hall–Kier alpha value is -1.32. The molecule has 0 aromatic rings. The molecule has 48 valence electrons. The molecular weight excluding hydrogens is 120 g/mol. The SMILES string of the molecule is C=C1NC(=O)CNC1=O. The second-order valence-corrected chi connectivity index (χ2v) is 1.71. The Balaban J connectivity index is 2.64. The second kappa shape index (κ2) is 1.89. The van der Waals surface area contributed by atoms with E-state index in [2.05, 4.69) is 17.2 Å². The normalized spacial score (nSPS) is 18.9. The Morgan fingerprint density at radius 2 is 2.11 bits per heavy atom. The quantitative estimate of drug-likeness (QED) is 0.398. The van der Waals surface area contributed by atoms with Gasteiger partial charge < -0.3 is 10.6 Å². The fourth-order valence-corrected chi connectivity index (χ4v) is 0.537. The van der Waals surface area contributed by atoms with Crippen molar-refractivity contribution in [2.45, 2.75) is 0 Å². The van der Waals surface area contributed by atoms with E-state index in [0.29, 0.717) is 0 Å². The number of carbonyl (C=O) groups is 2. The average Bonchev–Trinajstić information content (AvgIpc) is 1.80. The van der Waals surface area contributed by atoms with Crippen LogP contribution >= 0.6 is 0 Å². The number of piperazine rings is 1. The Morgan fingerprint density at radius 1 is 1.44 bits per heavy atom. The zero-order chi connectivity index (χ0) is 6.85. The Bertz CT molecular complexity index is 185. The minimum absolute atomic E-state index is 0.0534. The van der Waals surface area contributed by atoms with Crippen molar-refractivity contribution in [1.82, 2.24) is 10.6 Å². The first-order valence-corrected chi connectivity index (χ1v) is 2.47. The van der Waals surface area contributed by atoms with E-state index in [9.17, 15) is 9.59 Å². The standard InChI is InChI=1S/C5H6N2O2/c1-3-5(9)6-2-4(8)7-3/h1-2H2,(H,6,9)(H,7,8). The molecule has 0 saturated carbocycles. The van der Waals surface area contributed by atoms with Crippen molar-refractivity contribution >= 4 is 11.8 Å². The summed E-state index contributed by atoms with van der Waals surface area (Å²) in [5, 5.41) is 4.61. The third kappa shape index (κ3) is 1.07. The topological polar surface area (TPSA) is 58.2 Å². The lowest BCUT2D eigenvalue weighted by molar-refractivity contribution is -0.127. The lowest BCUT2D eigenvalue weighted by Gasteiger charge is -2.13. The summed E-state index contributed by atoms with van der Waals surface area (Å²) in [6.45, 7) is 3.36. The van der Waals surface area contributed by atoms with Crippen LogP contribution in [0.4, 0.5) is 0 Å². The molecule has 0 spiro atoms. The van der Waals surface area contributed by atoms with Gasteiger partial charge >= 0.3 is 0 Å². The summed E-state index contributed by atoms with van der Waals surface area (Å²) in [4.78, 5) is 20.9. The van der Waals surface area contributed by atoms with Crippen LogP contribution in [0, 0.1) is 0 Å². The van der Waals surface area contributed by atoms with Crippen LogP contribution in [-0.4, -0.2) is 18.4 Å². The molecule has 4 heteroatoms. The van der Waals surface area contributed by atoms with Crippen molar-refractivity contribution in [3.63, 3.8) is 0 Å². The monoisotopic (exact) mass is 126 g/mol. The maximum absolute atomic E-state index is 10.5. The molecule has 0 bridgehead atoms. The van der Waals surface area contributed by atoms with Gasteiger partial charge in [0, 0.05) is 0 Å². The smallest absolute Gasteiger partial charge is 0.267 e. The fourth-order valence-electron chi connectivity index (χ4n) is 0.537. The van der Waals surface area contributed by atoms with Crippen molar-refractivity contribution in [1.29, 1.82) is 0 Å². The molecule has 1 heterocycles. The average molecular weight is 126 g/mol. The molecule has 1 aliphatic heterocycles. The van der Waals surface area contributed by atoms with Gasteiger partial charge in [-0.25, -0.2) is 0 Å². The molecule has 0 atom stereocenters. The van der Waals surface area contributed by atoms with Crippen LogP contribution in [0.1, 0.15) is 0 Å². The van der Waals surface area contributed by atoms with Crippen molar-refractivity contribution in [3.8, 4) is 0 Å². The molecule has 0 aromatic carbocycles. The van der Waals surface area contributed by atoms with Crippen molar-refractivity contribution < 1.29 is 9.59 Å². The second-order valence-electron chi connectivity index (χ2n) is 1.71. The summed E-state index contributed by atoms with van der Waals surface area (Å²) in [6.07, 6.45) is 0. The maximum Gasteiger partial charge on any atom is 0.267 e. The van der Waals surface area contributed by atoms with Crippen LogP contribution in [0.3, 0.4) is 0 Å². The zero-order valence-corrected chi connectivity index (χ0v) is 4.73. The summed E-state index contributed by atoms with van der Waals surface area (Å²) in [6, 6.07) is 0. The Morgan fingerprint density at radius 3 is 2.56 bits per heavy atom. The molecule has 1 rings (SSSR count). The largest absolute Gasteiger partial charge is 0.342 e. The highest BCUT2D eigenvalue weighted by atomic mass is 16.2. The van der Waals surface area contributed by atoms with Crippen LogP contribution in [0.25, 0.3) is 0 Å². The lowest BCUT2D eigenvalue weighted by Crippen LogP contribution is -2.46. The maximum atomic E-state index is 10.5. The molecule has 1 saturated heterocycles. The molecule has 2 N–H and O–H groups in total. The van der Waals surface area contributed by atoms with Crippen molar-refractivity contribution in [3.05, 3.63) is 12.3 Å². The van der Waals surface area contributed by atoms with Crippen molar-refractivity contribution in [2.75, 3.05) is 6.54 Å². The number of nitrogens with one attached hydrogen (secondary N) is 2. The Labute approximate surface area is 51.9 Å². The van der Waals surface area contributed by atoms with E-state index >= 15 is 0 Å². The predicted octanol–water partition coefficient (Wildman–Crippen LogP) is -1.25. The van der Waals surface area contributed by atoms with E-state index in [1.807, 2.05) is 0 Å². The van der Waals surface area contributed by atoms with Gasteiger partial charge in [0.15, 0.2) is 0 Å². The molecule has 9 heavy (non-hydrogen) atoms. The molecule has 2 amide bonds. The summed E-state index contributed by atoms with van der Waals surface area (Å²) in [5.41, 5.74) is 0.117. The molecular formula is C5H6N2O2. The molecule has 0 radical (unpaired) electrons. The molecule has 0 unspecified atom stereocenters. The molecule has 0 aliphatic carbocycles. The van der Waals surface area contributed by atoms with Gasteiger partial charge in [0.25, 0.3) is 5.91 Å². The van der Waals surface area contributed by atoms with Gasteiger partial charge in [0.05, 0.1) is 12.2 Å². The van der Waals surface area contributed by atoms with Gasteiger partial charge in [-0.3, -0.25) is 9.59 Å². The highest BCUT2D eigenvalue weighted by molar-refractivity contribution is 6.02. The predicted molar refractivity (Wildman–Crippen MR) is 30.3 cm³/mol. The fraction of sp³-hybridized carbons (Fsp3) is 0.200. The van der Waals surface area contributed by atoms with Crippen LogP contribution in [0.15, 0.2) is 12.3 Å². The summed E-state index contributed by atoms with van der Waals surface area (Å²) >= 11 is 0. The zero-order valence-electron chi connectivity index (χ0n) is 4.73. The minimum Gasteiger partial charge on any atom is -0.342 e. The van der Waals surface area contributed by atoms with E-state index in [4.69, 9.17) is 0 Å². The van der Waals surface area contributed by atoms with E-state index in [1.54, 1.807) is 0 Å². The first-order chi connectivity index (χ1) is 4.20. The summed E-state index contributed by atoms with van der Waals surface area (Å²) < 4.78 is 0. The third-order valence-corrected chi connectivity index (χ3v) is 0.974. The van der Waals surface area contributed by atoms with Gasteiger partial charge in [-0.2, -0.15) is 0 Å². The van der Waals surface area contributed by atoms with Crippen LogP contribution < -0.4 is 10.6 Å². The number of carbonyl (C=O) groups excluding carboxylic acids is 2. The molecule has 1 aliphatic rings. The number of hydrogen-bond donors (Lipinski definition) is 2. The summed E-state index contributed by atoms with van der Waals surface area (Å²) in [5.74, 6) is -0.533. The third-order valence-electron chi connectivity index (χ3n) is 0.974. The van der Waals surface area contributed by atoms with Gasteiger partial charge in [0.2, 0.25) is 5.91 Å². The summed E-state index contributed by atoms with van der Waals surface area (Å²) in [7, 11) is 0. The van der Waals surface area contributed by atoms with Gasteiger partial charge in [-0.05, 0) is 0 Å². The molecule has 0 aromatic heterocycles. The highest BCUT2D eigenvalue weighted by Crippen LogP contribution is 1.88. The van der Waals surface area contributed by atoms with E-state index in [1.165, 1.54) is 0 Å². The number of hydrogen-bond acceptors (Lipinski definition) is 2. The van der Waals surface area contributed by atoms with E-state index < -0.39 is 0 Å². The van der Waals surface area contributed by atoms with E-state index in [0.717, 1.165) is 0 Å². The highest BCUT2D eigenvalue weighted by Gasteiger charge is 2.16. The van der Waals surface area contributed by atoms with Crippen molar-refractivity contribution in [2.24, 2.45) is 0 Å². The number of amides is 2. The Kier molecular flexibility index (Phi) is 1.22. The van der Waals surface area contributed by atoms with Gasteiger partial charge in [-0.1, -0.05) is 6.58 Å². The van der Waals surface area contributed by atoms with E-state index in [-0.39, 0.29) is 24.1 Å². The van der Waals surface area contributed by atoms with Gasteiger partial charge in [0.1, 0.15) is 0 Å². The van der Waals surface area contributed by atoms with Crippen LogP contribution in [0.5, 0.6) is 0 Å².